The summed E-state index contributed by atoms with van der Waals surface area (Å²) in [5.74, 6) is -0.981. The predicted octanol–water partition coefficient (Wildman–Crippen LogP) is 0.639. The number of carboxylic acid groups (broad SMARTS) is 1. The molecule has 0 atom stereocenters. The fourth-order valence-electron chi connectivity index (χ4n) is 1.33. The molecule has 0 saturated carbocycles. The zero-order chi connectivity index (χ0) is 14.3. The molecule has 0 saturated heterocycles. The third-order valence-corrected chi connectivity index (χ3v) is 2.27. The number of aliphatic carboxylic acids is 1. The lowest BCUT2D eigenvalue weighted by molar-refractivity contribution is -0.142. The molecule has 0 aliphatic heterocycles. The molecule has 1 aromatic rings. The summed E-state index contributed by atoms with van der Waals surface area (Å²) in [5, 5.41) is 20.2. The van der Waals surface area contributed by atoms with Gasteiger partial charge in [-0.1, -0.05) is 6.07 Å². The number of aromatic hydroxyl groups is 1. The van der Waals surface area contributed by atoms with E-state index in [0.717, 1.165) is 0 Å². The number of hydrogen-bond donors (Lipinski definition) is 3. The average Bonchev–Trinajstić information content (AvgIpc) is 2.36. The molecule has 0 aliphatic carbocycles. The van der Waals surface area contributed by atoms with Gasteiger partial charge in [0.05, 0.1) is 6.61 Å². The maximum atomic E-state index is 11.7. The highest BCUT2D eigenvalue weighted by atomic mass is 16.5. The number of hydrogen-bond acceptors (Lipinski definition) is 4. The highest BCUT2D eigenvalue weighted by Gasteiger charge is 2.10. The number of nitrogens with one attached hydrogen (secondary N) is 1. The van der Waals surface area contributed by atoms with E-state index in [9.17, 15) is 14.7 Å². The lowest BCUT2D eigenvalue weighted by atomic mass is 10.3. The minimum absolute atomic E-state index is 0.0712. The Kier molecular flexibility index (Phi) is 5.62. The standard InChI is InChI=1S/C12H16N2O5/c1-14(9-3-2-4-10(15)7-9)12(18)13-5-6-19-8-11(16)17/h2-4,7,15H,5-6,8H2,1H3,(H,13,18)(H,16,17). The number of ether oxygens (including phenoxy) is 1. The number of phenols is 1. The Bertz CT molecular complexity index is 450. The quantitative estimate of drug-likeness (QED) is 0.657. The highest BCUT2D eigenvalue weighted by Crippen LogP contribution is 2.18. The molecule has 0 aliphatic rings. The Labute approximate surface area is 110 Å². The first-order chi connectivity index (χ1) is 9.00. The van der Waals surface area contributed by atoms with Gasteiger partial charge in [-0.2, -0.15) is 0 Å². The Morgan fingerprint density at radius 3 is 2.79 bits per heavy atom. The number of carboxylic acids is 1. The number of rotatable bonds is 6. The molecule has 0 fully saturated rings. The van der Waals surface area contributed by atoms with Gasteiger partial charge in [-0.3, -0.25) is 4.90 Å². The summed E-state index contributed by atoms with van der Waals surface area (Å²) < 4.78 is 4.78. The van der Waals surface area contributed by atoms with Crippen molar-refractivity contribution in [1.82, 2.24) is 5.32 Å². The molecule has 19 heavy (non-hydrogen) atoms. The van der Waals surface area contributed by atoms with E-state index in [1.165, 1.54) is 17.0 Å². The fourth-order valence-corrected chi connectivity index (χ4v) is 1.33. The Hall–Kier alpha value is -2.28. The summed E-state index contributed by atoms with van der Waals surface area (Å²) in [6, 6.07) is 5.91. The van der Waals surface area contributed by atoms with Crippen molar-refractivity contribution in [2.24, 2.45) is 0 Å². The number of urea groups is 1. The van der Waals surface area contributed by atoms with Crippen molar-refractivity contribution in [1.29, 1.82) is 0 Å². The van der Waals surface area contributed by atoms with Gasteiger partial charge in [-0.15, -0.1) is 0 Å². The first kappa shape index (κ1) is 14.8. The summed E-state index contributed by atoms with van der Waals surface area (Å²) in [4.78, 5) is 23.2. The number of amides is 2. The van der Waals surface area contributed by atoms with Crippen molar-refractivity contribution in [3.63, 3.8) is 0 Å². The van der Waals surface area contributed by atoms with Crippen LogP contribution in [0, 0.1) is 0 Å². The van der Waals surface area contributed by atoms with Gasteiger partial charge in [0, 0.05) is 25.3 Å². The van der Waals surface area contributed by atoms with Crippen LogP contribution in [0.25, 0.3) is 0 Å². The van der Waals surface area contributed by atoms with Crippen LogP contribution in [0.1, 0.15) is 0 Å². The summed E-state index contributed by atoms with van der Waals surface area (Å²) in [6.45, 7) is -0.0700. The van der Waals surface area contributed by atoms with E-state index in [0.29, 0.717) is 5.69 Å². The van der Waals surface area contributed by atoms with Crippen molar-refractivity contribution >= 4 is 17.7 Å². The summed E-state index contributed by atoms with van der Waals surface area (Å²) in [7, 11) is 1.56. The van der Waals surface area contributed by atoms with Crippen LogP contribution >= 0.6 is 0 Å². The number of nitrogens with zero attached hydrogens (tertiary/aromatic N) is 1. The minimum Gasteiger partial charge on any atom is -0.508 e. The molecule has 2 amide bonds. The molecule has 7 nitrogen and oxygen atoms in total. The number of carbonyl (C=O) groups excluding carboxylic acids is 1. The Morgan fingerprint density at radius 2 is 2.16 bits per heavy atom. The fraction of sp³-hybridized carbons (Fsp3) is 0.333. The molecule has 0 radical (unpaired) electrons. The van der Waals surface area contributed by atoms with E-state index in [1.807, 2.05) is 0 Å². The largest absolute Gasteiger partial charge is 0.508 e. The van der Waals surface area contributed by atoms with Crippen molar-refractivity contribution in [2.75, 3.05) is 31.7 Å². The average molecular weight is 268 g/mol. The SMILES string of the molecule is CN(C(=O)NCCOCC(=O)O)c1cccc(O)c1. The maximum Gasteiger partial charge on any atom is 0.329 e. The molecule has 7 heteroatoms. The van der Waals surface area contributed by atoms with E-state index in [-0.39, 0.29) is 24.9 Å². The molecule has 1 rings (SSSR count). The van der Waals surface area contributed by atoms with Crippen LogP contribution in [-0.2, 0) is 9.53 Å². The monoisotopic (exact) mass is 268 g/mol. The van der Waals surface area contributed by atoms with Gasteiger partial charge in [0.1, 0.15) is 12.4 Å². The second-order valence-electron chi connectivity index (χ2n) is 3.76. The van der Waals surface area contributed by atoms with Crippen molar-refractivity contribution < 1.29 is 24.5 Å². The molecule has 104 valence electrons. The third kappa shape index (κ3) is 5.26. The van der Waals surface area contributed by atoms with E-state index < -0.39 is 12.6 Å². The van der Waals surface area contributed by atoms with Gasteiger partial charge in [0.2, 0.25) is 0 Å². The molecular weight excluding hydrogens is 252 g/mol. The van der Waals surface area contributed by atoms with Crippen LogP contribution < -0.4 is 10.2 Å². The van der Waals surface area contributed by atoms with Gasteiger partial charge < -0.3 is 20.3 Å². The lowest BCUT2D eigenvalue weighted by Crippen LogP contribution is -2.39. The molecule has 3 N–H and O–H groups in total. The topological polar surface area (TPSA) is 99.1 Å². The number of phenolic OH excluding ortho intramolecular Hbond substituents is 1. The first-order valence-corrected chi connectivity index (χ1v) is 5.61. The van der Waals surface area contributed by atoms with Gasteiger partial charge in [0.15, 0.2) is 0 Å². The Morgan fingerprint density at radius 1 is 1.42 bits per heavy atom. The van der Waals surface area contributed by atoms with Crippen LogP contribution in [0.2, 0.25) is 0 Å². The third-order valence-electron chi connectivity index (χ3n) is 2.27. The minimum atomic E-state index is -1.05. The van der Waals surface area contributed by atoms with Crippen LogP contribution in [0.15, 0.2) is 24.3 Å². The number of anilines is 1. The summed E-state index contributed by atoms with van der Waals surface area (Å²) in [5.41, 5.74) is 0.545. The second kappa shape index (κ2) is 7.22. The van der Waals surface area contributed by atoms with E-state index >= 15 is 0 Å². The maximum absolute atomic E-state index is 11.7. The number of benzene rings is 1. The van der Waals surface area contributed by atoms with Gasteiger partial charge in [0.25, 0.3) is 0 Å². The van der Waals surface area contributed by atoms with Crippen LogP contribution in [-0.4, -0.2) is 49.0 Å². The van der Waals surface area contributed by atoms with Gasteiger partial charge in [-0.05, 0) is 12.1 Å². The van der Waals surface area contributed by atoms with Crippen molar-refractivity contribution in [3.05, 3.63) is 24.3 Å². The normalized spacial score (nSPS) is 9.95. The van der Waals surface area contributed by atoms with Crippen molar-refractivity contribution in [3.8, 4) is 5.75 Å². The molecule has 0 unspecified atom stereocenters. The van der Waals surface area contributed by atoms with Gasteiger partial charge in [-0.25, -0.2) is 9.59 Å². The van der Waals surface area contributed by atoms with E-state index in [4.69, 9.17) is 9.84 Å². The molecular formula is C12H16N2O5. The Balaban J connectivity index is 2.35. The first-order valence-electron chi connectivity index (χ1n) is 5.61. The van der Waals surface area contributed by atoms with Crippen molar-refractivity contribution in [2.45, 2.75) is 0 Å². The zero-order valence-electron chi connectivity index (χ0n) is 10.5. The zero-order valence-corrected chi connectivity index (χ0v) is 10.5. The molecule has 0 aromatic heterocycles. The van der Waals surface area contributed by atoms with Crippen LogP contribution in [0.4, 0.5) is 10.5 Å². The molecule has 0 heterocycles. The lowest BCUT2D eigenvalue weighted by Gasteiger charge is -2.18. The summed E-state index contributed by atoms with van der Waals surface area (Å²) in [6.07, 6.45) is 0. The van der Waals surface area contributed by atoms with E-state index in [2.05, 4.69) is 5.32 Å². The van der Waals surface area contributed by atoms with Crippen LogP contribution in [0.5, 0.6) is 5.75 Å². The van der Waals surface area contributed by atoms with Crippen LogP contribution in [0.3, 0.4) is 0 Å². The van der Waals surface area contributed by atoms with Gasteiger partial charge >= 0.3 is 12.0 Å². The van der Waals surface area contributed by atoms with E-state index in [1.54, 1.807) is 19.2 Å². The predicted molar refractivity (Wildman–Crippen MR) is 68.4 cm³/mol. The molecule has 0 bridgehead atoms. The molecule has 1 aromatic carbocycles. The summed E-state index contributed by atoms with van der Waals surface area (Å²) >= 11 is 0. The number of carbonyl (C=O) groups is 2. The highest BCUT2D eigenvalue weighted by molar-refractivity contribution is 5.91. The second-order valence-corrected chi connectivity index (χ2v) is 3.76. The smallest absolute Gasteiger partial charge is 0.329 e. The molecule has 0 spiro atoms.